The highest BCUT2D eigenvalue weighted by Gasteiger charge is 2.32. The van der Waals surface area contributed by atoms with E-state index in [9.17, 15) is 22.8 Å². The minimum Gasteiger partial charge on any atom is -0.371 e. The van der Waals surface area contributed by atoms with Crippen molar-refractivity contribution in [2.75, 3.05) is 36.0 Å². The van der Waals surface area contributed by atoms with Gasteiger partial charge in [0.25, 0.3) is 0 Å². The summed E-state index contributed by atoms with van der Waals surface area (Å²) < 4.78 is 39.6. The third-order valence-electron chi connectivity index (χ3n) is 10.4. The minimum absolute atomic E-state index is 0.00140. The second-order valence-electron chi connectivity index (χ2n) is 16.2. The van der Waals surface area contributed by atoms with Gasteiger partial charge in [-0.05, 0) is 85.5 Å². The van der Waals surface area contributed by atoms with Crippen LogP contribution in [0.25, 0.3) is 0 Å². The Morgan fingerprint density at radius 3 is 1.68 bits per heavy atom. The molecule has 4 aromatic rings. The minimum atomic E-state index is -4.39. The van der Waals surface area contributed by atoms with Crippen LogP contribution in [0.2, 0.25) is 0 Å². The first-order valence-corrected chi connectivity index (χ1v) is 19.7. The van der Waals surface area contributed by atoms with Gasteiger partial charge in [0.05, 0.1) is 18.4 Å². The molecule has 2 N–H and O–H groups in total. The summed E-state index contributed by atoms with van der Waals surface area (Å²) in [6, 6.07) is 19.0. The SMILES string of the molecule is CC1CCN(c2cc(C(F)(F)F)ccc2CNC(=O)Cc2ccccn2)CC1.CC1CCN(c2nc(C(C)(C)C)ccc2CNC(=O)Cc2ccccn2)CC1. The second kappa shape index (κ2) is 19.2. The number of anilines is 2. The number of hydrogen-bond donors (Lipinski definition) is 2. The highest BCUT2D eigenvalue weighted by atomic mass is 19.4. The van der Waals surface area contributed by atoms with E-state index in [0.29, 0.717) is 35.8 Å². The lowest BCUT2D eigenvalue weighted by molar-refractivity contribution is -0.137. The van der Waals surface area contributed by atoms with Crippen molar-refractivity contribution < 1.29 is 22.8 Å². The fourth-order valence-electron chi connectivity index (χ4n) is 6.81. The number of piperidine rings is 2. The smallest absolute Gasteiger partial charge is 0.371 e. The molecule has 0 aliphatic carbocycles. The Labute approximate surface area is 329 Å². The average Bonchev–Trinajstić information content (AvgIpc) is 3.17. The van der Waals surface area contributed by atoms with Gasteiger partial charge in [0, 0.05) is 85.4 Å². The fourth-order valence-corrected chi connectivity index (χ4v) is 6.81. The van der Waals surface area contributed by atoms with Crippen LogP contribution in [0.15, 0.2) is 79.1 Å². The van der Waals surface area contributed by atoms with Crippen LogP contribution in [0.4, 0.5) is 24.7 Å². The molecule has 12 heteroatoms. The number of benzene rings is 1. The molecule has 2 fully saturated rings. The van der Waals surface area contributed by atoms with Crippen molar-refractivity contribution in [3.8, 4) is 0 Å². The lowest BCUT2D eigenvalue weighted by Crippen LogP contribution is -2.35. The van der Waals surface area contributed by atoms with Crippen molar-refractivity contribution in [2.24, 2.45) is 11.8 Å². The average molecular weight is 772 g/mol. The van der Waals surface area contributed by atoms with Crippen molar-refractivity contribution in [1.82, 2.24) is 25.6 Å². The maximum absolute atomic E-state index is 13.2. The summed E-state index contributed by atoms with van der Waals surface area (Å²) in [5.74, 6) is 2.14. The van der Waals surface area contributed by atoms with Gasteiger partial charge in [-0.1, -0.05) is 58.9 Å². The summed E-state index contributed by atoms with van der Waals surface area (Å²) in [5.41, 5.74) is 4.19. The van der Waals surface area contributed by atoms with Crippen molar-refractivity contribution in [3.63, 3.8) is 0 Å². The van der Waals surface area contributed by atoms with Crippen LogP contribution in [0.5, 0.6) is 0 Å². The summed E-state index contributed by atoms with van der Waals surface area (Å²) in [7, 11) is 0. The molecule has 2 aliphatic heterocycles. The first-order chi connectivity index (χ1) is 26.7. The lowest BCUT2D eigenvalue weighted by Gasteiger charge is -2.34. The Hall–Kier alpha value is -5.00. The van der Waals surface area contributed by atoms with E-state index in [2.05, 4.69) is 72.3 Å². The summed E-state index contributed by atoms with van der Waals surface area (Å²) in [6.45, 7) is 15.2. The van der Waals surface area contributed by atoms with Crippen LogP contribution in [0.1, 0.15) is 94.1 Å². The van der Waals surface area contributed by atoms with Crippen molar-refractivity contribution in [3.05, 3.63) is 113 Å². The molecule has 2 aliphatic rings. The monoisotopic (exact) mass is 771 g/mol. The van der Waals surface area contributed by atoms with Gasteiger partial charge in [0.1, 0.15) is 5.82 Å². The van der Waals surface area contributed by atoms with E-state index in [1.165, 1.54) is 25.0 Å². The zero-order valence-electron chi connectivity index (χ0n) is 33.3. The zero-order valence-corrected chi connectivity index (χ0v) is 33.3. The highest BCUT2D eigenvalue weighted by molar-refractivity contribution is 5.79. The van der Waals surface area contributed by atoms with Crippen molar-refractivity contribution in [1.29, 1.82) is 0 Å². The largest absolute Gasteiger partial charge is 0.416 e. The molecule has 2 saturated heterocycles. The molecule has 0 radical (unpaired) electrons. The first-order valence-electron chi connectivity index (χ1n) is 19.7. The number of nitrogens with one attached hydrogen (secondary N) is 2. The van der Waals surface area contributed by atoms with Gasteiger partial charge in [-0.2, -0.15) is 13.2 Å². The molecule has 0 unspecified atom stereocenters. The Balaban J connectivity index is 0.000000214. The van der Waals surface area contributed by atoms with Crippen LogP contribution in [-0.4, -0.2) is 52.9 Å². The number of pyridine rings is 3. The third kappa shape index (κ3) is 12.5. The van der Waals surface area contributed by atoms with E-state index >= 15 is 0 Å². The topological polar surface area (TPSA) is 103 Å². The molecule has 1 aromatic carbocycles. The van der Waals surface area contributed by atoms with Gasteiger partial charge in [-0.15, -0.1) is 0 Å². The number of aromatic nitrogens is 3. The normalized spacial score (nSPS) is 15.5. The quantitative estimate of drug-likeness (QED) is 0.168. The van der Waals surface area contributed by atoms with Crippen LogP contribution in [0.3, 0.4) is 0 Å². The second-order valence-corrected chi connectivity index (χ2v) is 16.2. The Kier molecular flexibility index (Phi) is 14.5. The molecule has 9 nitrogen and oxygen atoms in total. The molecule has 0 spiro atoms. The molecular formula is C44H56F3N7O2. The van der Waals surface area contributed by atoms with Gasteiger partial charge in [0.2, 0.25) is 11.8 Å². The zero-order chi connectivity index (χ0) is 40.3. The van der Waals surface area contributed by atoms with Crippen molar-refractivity contribution in [2.45, 2.75) is 97.8 Å². The molecule has 5 heterocycles. The predicted molar refractivity (Wildman–Crippen MR) is 215 cm³/mol. The molecule has 0 atom stereocenters. The number of nitrogens with zero attached hydrogens (tertiary/aromatic N) is 5. The molecule has 56 heavy (non-hydrogen) atoms. The number of amides is 2. The van der Waals surface area contributed by atoms with Gasteiger partial charge in [-0.25, -0.2) is 4.98 Å². The Bertz CT molecular complexity index is 1730. The number of alkyl halides is 3. The molecule has 300 valence electrons. The maximum Gasteiger partial charge on any atom is 0.416 e. The lowest BCUT2D eigenvalue weighted by atomic mass is 9.91. The number of rotatable bonds is 10. The standard InChI is InChI=1S/C23H32N4O.C21H24F3N3O/c1-17-10-13-27(14-11-17)22-18(8-9-20(26-22)23(2,3)4)16-25-21(28)15-19-7-5-6-12-24-19;1-15-7-10-27(11-8-15)19-12-17(21(22,23)24)6-5-16(19)14-26-20(28)13-18-4-2-3-9-25-18/h5-9,12,17H,10-11,13-16H2,1-4H3,(H,25,28);2-6,9,12,15H,7-8,10-11,13-14H2,1H3,(H,26,28). The predicted octanol–water partition coefficient (Wildman–Crippen LogP) is 8.06. The third-order valence-corrected chi connectivity index (χ3v) is 10.4. The van der Waals surface area contributed by atoms with Crippen LogP contribution in [0, 0.1) is 11.8 Å². The summed E-state index contributed by atoms with van der Waals surface area (Å²) in [4.78, 5) is 42.3. The van der Waals surface area contributed by atoms with Gasteiger partial charge in [0.15, 0.2) is 0 Å². The number of hydrogen-bond acceptors (Lipinski definition) is 7. The van der Waals surface area contributed by atoms with Crippen LogP contribution < -0.4 is 20.4 Å². The van der Waals surface area contributed by atoms with Crippen molar-refractivity contribution >= 4 is 23.3 Å². The molecule has 3 aromatic heterocycles. The number of halogens is 3. The van der Waals surface area contributed by atoms with E-state index in [1.807, 2.05) is 23.1 Å². The van der Waals surface area contributed by atoms with E-state index in [-0.39, 0.29) is 30.2 Å². The van der Waals surface area contributed by atoms with E-state index < -0.39 is 11.7 Å². The molecule has 6 rings (SSSR count). The van der Waals surface area contributed by atoms with Crippen LogP contribution in [-0.2, 0) is 47.1 Å². The molecule has 2 amide bonds. The summed E-state index contributed by atoms with van der Waals surface area (Å²) in [5, 5.41) is 5.86. The number of carbonyl (C=O) groups is 2. The highest BCUT2D eigenvalue weighted by Crippen LogP contribution is 2.35. The van der Waals surface area contributed by atoms with Gasteiger partial charge in [-0.3, -0.25) is 19.6 Å². The van der Waals surface area contributed by atoms with E-state index in [1.54, 1.807) is 30.6 Å². The molecule has 0 saturated carbocycles. The number of carbonyl (C=O) groups excluding carboxylic acids is 2. The maximum atomic E-state index is 13.2. The van der Waals surface area contributed by atoms with Gasteiger partial charge >= 0.3 is 6.18 Å². The Morgan fingerprint density at radius 1 is 0.696 bits per heavy atom. The first kappa shape index (κ1) is 42.1. The van der Waals surface area contributed by atoms with Gasteiger partial charge < -0.3 is 20.4 Å². The molecule has 0 bridgehead atoms. The summed E-state index contributed by atoms with van der Waals surface area (Å²) >= 11 is 0. The fraction of sp³-hybridized carbons (Fsp3) is 0.477. The Morgan fingerprint density at radius 2 is 1.20 bits per heavy atom. The van der Waals surface area contributed by atoms with E-state index in [0.717, 1.165) is 73.8 Å². The molecular weight excluding hydrogens is 716 g/mol. The summed E-state index contributed by atoms with van der Waals surface area (Å²) in [6.07, 6.45) is 3.64. The van der Waals surface area contributed by atoms with Crippen LogP contribution >= 0.6 is 0 Å². The van der Waals surface area contributed by atoms with E-state index in [4.69, 9.17) is 4.98 Å².